The van der Waals surface area contributed by atoms with Gasteiger partial charge in [0.05, 0.1) is 6.61 Å². The second kappa shape index (κ2) is 4.62. The summed E-state index contributed by atoms with van der Waals surface area (Å²) in [6.45, 7) is -0.377. The summed E-state index contributed by atoms with van der Waals surface area (Å²) >= 11 is 0. The summed E-state index contributed by atoms with van der Waals surface area (Å²) in [6.07, 6.45) is -1.62. The van der Waals surface area contributed by atoms with Crippen LogP contribution in [0, 0.1) is 10.1 Å². The zero-order valence-electron chi connectivity index (χ0n) is 6.34. The standard InChI is InChI=1S/C5H9NO6/c1-12-2-3(7)4(5(8)9)6(10)11/h3-4,7H,2H2,1H3,(H,8,9). The van der Waals surface area contributed by atoms with E-state index in [0.29, 0.717) is 0 Å². The molecule has 7 nitrogen and oxygen atoms in total. The first-order valence-electron chi connectivity index (χ1n) is 3.04. The van der Waals surface area contributed by atoms with Gasteiger partial charge >= 0.3 is 12.0 Å². The highest BCUT2D eigenvalue weighted by Gasteiger charge is 2.37. The molecule has 12 heavy (non-hydrogen) atoms. The number of nitro groups is 1. The number of methoxy groups -OCH3 is 1. The lowest BCUT2D eigenvalue weighted by Crippen LogP contribution is -2.42. The van der Waals surface area contributed by atoms with Gasteiger partial charge in [0.15, 0.2) is 6.10 Å². The van der Waals surface area contributed by atoms with Gasteiger partial charge in [0.2, 0.25) is 0 Å². The molecule has 2 N–H and O–H groups in total. The molecule has 0 bridgehead atoms. The Morgan fingerprint density at radius 2 is 2.25 bits per heavy atom. The average Bonchev–Trinajstić information content (AvgIpc) is 1.85. The first kappa shape index (κ1) is 10.8. The Bertz CT molecular complexity index is 167. The van der Waals surface area contributed by atoms with Gasteiger partial charge in [-0.25, -0.2) is 4.79 Å². The molecule has 0 saturated heterocycles. The van der Waals surface area contributed by atoms with Crippen LogP contribution in [0.1, 0.15) is 0 Å². The van der Waals surface area contributed by atoms with Crippen LogP contribution in [0.15, 0.2) is 0 Å². The van der Waals surface area contributed by atoms with Gasteiger partial charge in [-0.3, -0.25) is 10.1 Å². The number of hydrogen-bond acceptors (Lipinski definition) is 5. The van der Waals surface area contributed by atoms with Crippen LogP contribution >= 0.6 is 0 Å². The van der Waals surface area contributed by atoms with Crippen molar-refractivity contribution in [1.29, 1.82) is 0 Å². The topological polar surface area (TPSA) is 110 Å². The van der Waals surface area contributed by atoms with Gasteiger partial charge in [0.25, 0.3) is 0 Å². The predicted octanol–water partition coefficient (Wildman–Crippen LogP) is -1.28. The van der Waals surface area contributed by atoms with Crippen LogP contribution in [0.3, 0.4) is 0 Å². The van der Waals surface area contributed by atoms with Crippen LogP contribution in [0.5, 0.6) is 0 Å². The van der Waals surface area contributed by atoms with E-state index in [0.717, 1.165) is 0 Å². The second-order valence-electron chi connectivity index (χ2n) is 2.09. The van der Waals surface area contributed by atoms with Crippen LogP contribution in [-0.2, 0) is 9.53 Å². The van der Waals surface area contributed by atoms with Gasteiger partial charge in [-0.15, -0.1) is 0 Å². The first-order valence-corrected chi connectivity index (χ1v) is 3.04. The lowest BCUT2D eigenvalue weighted by Gasteiger charge is -2.10. The molecule has 0 aromatic rings. The Kier molecular flexibility index (Phi) is 4.16. The normalized spacial score (nSPS) is 15.2. The summed E-state index contributed by atoms with van der Waals surface area (Å²) in [6, 6.07) is -2.02. The van der Waals surface area contributed by atoms with E-state index in [1.165, 1.54) is 7.11 Å². The van der Waals surface area contributed by atoms with Gasteiger partial charge in [0.1, 0.15) is 0 Å². The molecular formula is C5H9NO6. The number of carbonyl (C=O) groups is 1. The van der Waals surface area contributed by atoms with Crippen molar-refractivity contribution in [1.82, 2.24) is 0 Å². The molecule has 0 aromatic carbocycles. The number of aliphatic carboxylic acids is 1. The third-order valence-electron chi connectivity index (χ3n) is 1.18. The lowest BCUT2D eigenvalue weighted by atomic mass is 10.2. The maximum Gasteiger partial charge on any atom is 0.382 e. The van der Waals surface area contributed by atoms with Crippen molar-refractivity contribution in [2.45, 2.75) is 12.1 Å². The number of aliphatic hydroxyl groups excluding tert-OH is 1. The minimum absolute atomic E-state index is 0.377. The molecule has 0 heterocycles. The van der Waals surface area contributed by atoms with E-state index >= 15 is 0 Å². The zero-order chi connectivity index (χ0) is 9.72. The molecule has 70 valence electrons. The summed E-state index contributed by atoms with van der Waals surface area (Å²) in [5, 5.41) is 27.3. The molecule has 0 radical (unpaired) electrons. The number of carboxylic acid groups (broad SMARTS) is 1. The van der Waals surface area contributed by atoms with Crippen LogP contribution in [0.4, 0.5) is 0 Å². The van der Waals surface area contributed by atoms with Crippen LogP contribution in [-0.4, -0.2) is 47.0 Å². The first-order chi connectivity index (χ1) is 5.50. The third kappa shape index (κ3) is 2.81. The van der Waals surface area contributed by atoms with Crippen molar-refractivity contribution in [3.8, 4) is 0 Å². The Balaban J connectivity index is 4.29. The van der Waals surface area contributed by atoms with Crippen LogP contribution in [0.2, 0.25) is 0 Å². The Morgan fingerprint density at radius 1 is 1.75 bits per heavy atom. The fourth-order valence-electron chi connectivity index (χ4n) is 0.657. The lowest BCUT2D eigenvalue weighted by molar-refractivity contribution is -0.522. The molecular weight excluding hydrogens is 170 g/mol. The number of nitrogens with zero attached hydrogens (tertiary/aromatic N) is 1. The summed E-state index contributed by atoms with van der Waals surface area (Å²) < 4.78 is 4.37. The average molecular weight is 179 g/mol. The van der Waals surface area contributed by atoms with Crippen molar-refractivity contribution in [3.05, 3.63) is 10.1 Å². The fraction of sp³-hybridized carbons (Fsp3) is 0.800. The van der Waals surface area contributed by atoms with Gasteiger partial charge in [-0.05, 0) is 0 Å². The van der Waals surface area contributed by atoms with E-state index in [4.69, 9.17) is 10.2 Å². The molecule has 0 rings (SSSR count). The van der Waals surface area contributed by atoms with Gasteiger partial charge in [0, 0.05) is 12.0 Å². The zero-order valence-corrected chi connectivity index (χ0v) is 6.34. The highest BCUT2D eigenvalue weighted by molar-refractivity contribution is 5.72. The number of aliphatic hydroxyl groups is 1. The molecule has 0 aliphatic carbocycles. The molecule has 0 amide bonds. The molecule has 0 aromatic heterocycles. The number of rotatable bonds is 5. The van der Waals surface area contributed by atoms with Crippen molar-refractivity contribution >= 4 is 5.97 Å². The minimum Gasteiger partial charge on any atom is -0.476 e. The second-order valence-corrected chi connectivity index (χ2v) is 2.09. The number of hydrogen-bond donors (Lipinski definition) is 2. The molecule has 0 aliphatic heterocycles. The molecule has 0 fully saturated rings. The summed E-state index contributed by atoms with van der Waals surface area (Å²) in [7, 11) is 1.21. The van der Waals surface area contributed by atoms with Crippen molar-refractivity contribution in [2.75, 3.05) is 13.7 Å². The quantitative estimate of drug-likeness (QED) is 0.402. The Labute approximate surface area is 67.7 Å². The minimum atomic E-state index is -2.02. The molecule has 2 unspecified atom stereocenters. The number of ether oxygens (including phenoxy) is 1. The maximum atomic E-state index is 10.2. The monoisotopic (exact) mass is 179 g/mol. The highest BCUT2D eigenvalue weighted by Crippen LogP contribution is 1.99. The highest BCUT2D eigenvalue weighted by atomic mass is 16.6. The largest absolute Gasteiger partial charge is 0.476 e. The summed E-state index contributed by atoms with van der Waals surface area (Å²) in [5.74, 6) is -1.68. The van der Waals surface area contributed by atoms with Gasteiger partial charge < -0.3 is 14.9 Å². The van der Waals surface area contributed by atoms with Gasteiger partial charge in [-0.1, -0.05) is 0 Å². The molecule has 2 atom stereocenters. The summed E-state index contributed by atoms with van der Waals surface area (Å²) in [5.41, 5.74) is 0. The van der Waals surface area contributed by atoms with Crippen LogP contribution in [0.25, 0.3) is 0 Å². The Morgan fingerprint density at radius 3 is 2.50 bits per heavy atom. The van der Waals surface area contributed by atoms with Crippen molar-refractivity contribution in [2.24, 2.45) is 0 Å². The smallest absolute Gasteiger partial charge is 0.382 e. The Hall–Kier alpha value is -1.21. The third-order valence-corrected chi connectivity index (χ3v) is 1.18. The van der Waals surface area contributed by atoms with E-state index in [1.807, 2.05) is 0 Å². The maximum absolute atomic E-state index is 10.2. The summed E-state index contributed by atoms with van der Waals surface area (Å²) in [4.78, 5) is 19.2. The molecule has 0 aliphatic rings. The molecule has 0 saturated carbocycles. The molecule has 7 heteroatoms. The van der Waals surface area contributed by atoms with Crippen molar-refractivity contribution in [3.63, 3.8) is 0 Å². The van der Waals surface area contributed by atoms with Gasteiger partial charge in [-0.2, -0.15) is 0 Å². The van der Waals surface area contributed by atoms with E-state index in [9.17, 15) is 14.9 Å². The predicted molar refractivity (Wildman–Crippen MR) is 36.3 cm³/mol. The van der Waals surface area contributed by atoms with E-state index in [2.05, 4.69) is 4.74 Å². The van der Waals surface area contributed by atoms with Crippen LogP contribution < -0.4 is 0 Å². The SMILES string of the molecule is COCC(O)C(C(=O)O)[N+](=O)[O-]. The number of carboxylic acids is 1. The molecule has 0 spiro atoms. The van der Waals surface area contributed by atoms with E-state index in [1.54, 1.807) is 0 Å². The fourth-order valence-corrected chi connectivity index (χ4v) is 0.657. The van der Waals surface area contributed by atoms with E-state index in [-0.39, 0.29) is 6.61 Å². The van der Waals surface area contributed by atoms with Crippen molar-refractivity contribution < 1.29 is 24.7 Å². The van der Waals surface area contributed by atoms with E-state index < -0.39 is 23.0 Å².